The van der Waals surface area contributed by atoms with Crippen LogP contribution in [0.5, 0.6) is 0 Å². The van der Waals surface area contributed by atoms with Gasteiger partial charge in [0, 0.05) is 29.6 Å². The lowest BCUT2D eigenvalue weighted by Gasteiger charge is -2.16. The van der Waals surface area contributed by atoms with Crippen molar-refractivity contribution < 1.29 is 14.4 Å². The highest BCUT2D eigenvalue weighted by molar-refractivity contribution is 6.30. The number of amides is 3. The number of nitrogens with two attached hydrogens (primary N) is 1. The first-order chi connectivity index (χ1) is 11.8. The van der Waals surface area contributed by atoms with Crippen molar-refractivity contribution in [3.8, 4) is 0 Å². The summed E-state index contributed by atoms with van der Waals surface area (Å²) < 4.78 is 0. The van der Waals surface area contributed by atoms with Gasteiger partial charge in [-0.15, -0.1) is 0 Å². The number of benzene rings is 2. The number of halogens is 1. The molecule has 4 N–H and O–H groups in total. The average Bonchev–Trinajstić information content (AvgIpc) is 2.55. The van der Waals surface area contributed by atoms with Crippen LogP contribution in [-0.4, -0.2) is 23.8 Å². The van der Waals surface area contributed by atoms with Crippen LogP contribution in [0.2, 0.25) is 5.02 Å². The van der Waals surface area contributed by atoms with Crippen molar-refractivity contribution in [2.45, 2.75) is 19.4 Å². The summed E-state index contributed by atoms with van der Waals surface area (Å²) in [6, 6.07) is 12.5. The van der Waals surface area contributed by atoms with Crippen molar-refractivity contribution in [1.82, 2.24) is 5.32 Å². The molecular weight excluding hydrogens is 342 g/mol. The average molecular weight is 360 g/mol. The minimum absolute atomic E-state index is 0.240. The van der Waals surface area contributed by atoms with Gasteiger partial charge in [-0.25, -0.2) is 0 Å². The second-order valence-corrected chi connectivity index (χ2v) is 5.96. The highest BCUT2D eigenvalue weighted by Crippen LogP contribution is 2.13. The van der Waals surface area contributed by atoms with Gasteiger partial charge in [-0.1, -0.05) is 29.8 Å². The highest BCUT2D eigenvalue weighted by Gasteiger charge is 2.19. The van der Waals surface area contributed by atoms with Crippen LogP contribution in [-0.2, 0) is 16.0 Å². The minimum atomic E-state index is -0.863. The molecule has 6 nitrogen and oxygen atoms in total. The molecule has 0 spiro atoms. The van der Waals surface area contributed by atoms with E-state index in [4.69, 9.17) is 17.3 Å². The highest BCUT2D eigenvalue weighted by atomic mass is 35.5. The van der Waals surface area contributed by atoms with Gasteiger partial charge in [-0.3, -0.25) is 14.4 Å². The molecular formula is C18H18ClN3O3. The molecule has 2 rings (SSSR count). The van der Waals surface area contributed by atoms with Crippen LogP contribution < -0.4 is 16.4 Å². The van der Waals surface area contributed by atoms with Crippen LogP contribution >= 0.6 is 11.6 Å². The minimum Gasteiger partial charge on any atom is -0.368 e. The largest absolute Gasteiger partial charge is 0.368 e. The molecule has 0 heterocycles. The van der Waals surface area contributed by atoms with Gasteiger partial charge in [-0.2, -0.15) is 0 Å². The van der Waals surface area contributed by atoms with Gasteiger partial charge in [0.05, 0.1) is 0 Å². The van der Waals surface area contributed by atoms with Crippen LogP contribution in [0.25, 0.3) is 0 Å². The number of rotatable bonds is 6. The molecule has 0 aliphatic rings. The number of primary amides is 1. The van der Waals surface area contributed by atoms with E-state index in [0.29, 0.717) is 16.3 Å². The second kappa shape index (κ2) is 8.30. The Morgan fingerprint density at radius 2 is 1.80 bits per heavy atom. The van der Waals surface area contributed by atoms with E-state index in [1.54, 1.807) is 42.5 Å². The Labute approximate surface area is 150 Å². The van der Waals surface area contributed by atoms with Gasteiger partial charge < -0.3 is 16.4 Å². The number of carbonyl (C=O) groups is 3. The zero-order valence-electron chi connectivity index (χ0n) is 13.6. The molecule has 0 saturated heterocycles. The first-order valence-corrected chi connectivity index (χ1v) is 7.95. The van der Waals surface area contributed by atoms with Crippen molar-refractivity contribution in [3.05, 3.63) is 64.7 Å². The molecule has 2 aromatic rings. The molecule has 1 atom stereocenters. The summed E-state index contributed by atoms with van der Waals surface area (Å²) in [5, 5.41) is 5.80. The summed E-state index contributed by atoms with van der Waals surface area (Å²) in [6.45, 7) is 1.38. The quantitative estimate of drug-likeness (QED) is 0.736. The lowest BCUT2D eigenvalue weighted by atomic mass is 10.0. The summed E-state index contributed by atoms with van der Waals surface area (Å²) in [7, 11) is 0. The summed E-state index contributed by atoms with van der Waals surface area (Å²) >= 11 is 5.83. The second-order valence-electron chi connectivity index (χ2n) is 5.52. The molecule has 0 aromatic heterocycles. The first-order valence-electron chi connectivity index (χ1n) is 7.57. The number of carbonyl (C=O) groups excluding carboxylic acids is 3. The zero-order chi connectivity index (χ0) is 18.4. The standard InChI is InChI=1S/C18H18ClN3O3/c1-11(23)21-15-4-2-3-13(10-15)18(25)22-16(17(20)24)9-12-5-7-14(19)8-6-12/h2-8,10,16H,9H2,1H3,(H2,20,24)(H,21,23)(H,22,25)/t16-/m0/s1. The maximum atomic E-state index is 12.4. The Kier molecular flexibility index (Phi) is 6.14. The predicted octanol–water partition coefficient (Wildman–Crippen LogP) is 2.12. The van der Waals surface area contributed by atoms with E-state index in [1.165, 1.54) is 13.0 Å². The Balaban J connectivity index is 2.11. The Morgan fingerprint density at radius 1 is 1.12 bits per heavy atom. The van der Waals surface area contributed by atoms with Gasteiger partial charge in [-0.05, 0) is 35.9 Å². The van der Waals surface area contributed by atoms with E-state index in [9.17, 15) is 14.4 Å². The molecule has 0 saturated carbocycles. The topological polar surface area (TPSA) is 101 Å². The smallest absolute Gasteiger partial charge is 0.252 e. The van der Waals surface area contributed by atoms with Crippen LogP contribution in [0.3, 0.4) is 0 Å². The van der Waals surface area contributed by atoms with Crippen molar-refractivity contribution >= 4 is 35.0 Å². The Bertz CT molecular complexity index is 790. The predicted molar refractivity (Wildman–Crippen MR) is 96.4 cm³/mol. The third-order valence-electron chi connectivity index (χ3n) is 3.45. The third-order valence-corrected chi connectivity index (χ3v) is 3.70. The van der Waals surface area contributed by atoms with Gasteiger partial charge in [0.1, 0.15) is 6.04 Å². The maximum absolute atomic E-state index is 12.4. The molecule has 3 amide bonds. The Morgan fingerprint density at radius 3 is 2.40 bits per heavy atom. The third kappa shape index (κ3) is 5.61. The molecule has 0 aliphatic heterocycles. The summed E-state index contributed by atoms with van der Waals surface area (Å²) in [5.74, 6) is -1.33. The van der Waals surface area contributed by atoms with E-state index in [1.807, 2.05) is 0 Å². The van der Waals surface area contributed by atoms with Crippen LogP contribution in [0.15, 0.2) is 48.5 Å². The monoisotopic (exact) mass is 359 g/mol. The number of hydrogen-bond donors (Lipinski definition) is 3. The van der Waals surface area contributed by atoms with Crippen LogP contribution in [0, 0.1) is 0 Å². The fourth-order valence-electron chi connectivity index (χ4n) is 2.26. The van der Waals surface area contributed by atoms with Crippen molar-refractivity contribution in [1.29, 1.82) is 0 Å². The van der Waals surface area contributed by atoms with E-state index in [-0.39, 0.29) is 12.3 Å². The summed E-state index contributed by atoms with van der Waals surface area (Å²) in [5.41, 5.74) is 7.03. The van der Waals surface area contributed by atoms with E-state index < -0.39 is 17.9 Å². The first kappa shape index (κ1) is 18.5. The fraction of sp³-hybridized carbons (Fsp3) is 0.167. The molecule has 0 radical (unpaired) electrons. The van der Waals surface area contributed by atoms with Crippen molar-refractivity contribution in [3.63, 3.8) is 0 Å². The maximum Gasteiger partial charge on any atom is 0.252 e. The molecule has 0 aliphatic carbocycles. The van der Waals surface area contributed by atoms with Gasteiger partial charge in [0.2, 0.25) is 11.8 Å². The Hall–Kier alpha value is -2.86. The molecule has 130 valence electrons. The van der Waals surface area contributed by atoms with Crippen LogP contribution in [0.1, 0.15) is 22.8 Å². The molecule has 0 fully saturated rings. The fourth-order valence-corrected chi connectivity index (χ4v) is 2.39. The van der Waals surface area contributed by atoms with Gasteiger partial charge >= 0.3 is 0 Å². The lowest BCUT2D eigenvalue weighted by molar-refractivity contribution is -0.119. The van der Waals surface area contributed by atoms with Crippen molar-refractivity contribution in [2.24, 2.45) is 5.73 Å². The van der Waals surface area contributed by atoms with Gasteiger partial charge in [0.15, 0.2) is 0 Å². The number of nitrogens with one attached hydrogen (secondary N) is 2. The van der Waals surface area contributed by atoms with Gasteiger partial charge in [0.25, 0.3) is 5.91 Å². The van der Waals surface area contributed by atoms with E-state index >= 15 is 0 Å². The number of anilines is 1. The van der Waals surface area contributed by atoms with E-state index in [2.05, 4.69) is 10.6 Å². The summed E-state index contributed by atoms with van der Waals surface area (Å²) in [6.07, 6.45) is 0.254. The van der Waals surface area contributed by atoms with Crippen LogP contribution in [0.4, 0.5) is 5.69 Å². The molecule has 2 aromatic carbocycles. The zero-order valence-corrected chi connectivity index (χ0v) is 14.3. The SMILES string of the molecule is CC(=O)Nc1cccc(C(=O)N[C@@H](Cc2ccc(Cl)cc2)C(N)=O)c1. The molecule has 0 unspecified atom stereocenters. The summed E-state index contributed by atoms with van der Waals surface area (Å²) in [4.78, 5) is 35.2. The molecule has 25 heavy (non-hydrogen) atoms. The molecule has 0 bridgehead atoms. The lowest BCUT2D eigenvalue weighted by Crippen LogP contribution is -2.45. The number of hydrogen-bond acceptors (Lipinski definition) is 3. The molecule has 7 heteroatoms. The van der Waals surface area contributed by atoms with E-state index in [0.717, 1.165) is 5.56 Å². The van der Waals surface area contributed by atoms with Crippen molar-refractivity contribution in [2.75, 3.05) is 5.32 Å². The normalized spacial score (nSPS) is 11.4.